The third-order valence-electron chi connectivity index (χ3n) is 4.89. The molecule has 0 amide bonds. The Hall–Kier alpha value is -3.24. The Labute approximate surface area is 165 Å². The van der Waals surface area contributed by atoms with Gasteiger partial charge in [-0.3, -0.25) is 15.0 Å². The molecule has 2 heterocycles. The van der Waals surface area contributed by atoms with Crippen molar-refractivity contribution in [3.05, 3.63) is 108 Å². The highest BCUT2D eigenvalue weighted by Crippen LogP contribution is 2.22. The third kappa shape index (κ3) is 4.72. The van der Waals surface area contributed by atoms with Gasteiger partial charge in [0.25, 0.3) is 0 Å². The first-order valence-corrected chi connectivity index (χ1v) is 9.61. The largest absolute Gasteiger partial charge is 0.294 e. The van der Waals surface area contributed by atoms with E-state index in [1.165, 1.54) is 22.3 Å². The van der Waals surface area contributed by atoms with E-state index >= 15 is 0 Å². The summed E-state index contributed by atoms with van der Waals surface area (Å²) in [4.78, 5) is 6.61. The molecule has 0 bridgehead atoms. The molecule has 0 aliphatic rings. The molecule has 0 fully saturated rings. The summed E-state index contributed by atoms with van der Waals surface area (Å²) in [5, 5.41) is 7.49. The number of hydrogen-bond donors (Lipinski definition) is 1. The number of aromatic nitrogens is 3. The number of H-pyrrole nitrogens is 1. The van der Waals surface area contributed by atoms with Crippen LogP contribution in [0.3, 0.4) is 0 Å². The smallest absolute Gasteiger partial charge is 0.0695 e. The summed E-state index contributed by atoms with van der Waals surface area (Å²) < 4.78 is 0. The molecule has 2 aromatic carbocycles. The van der Waals surface area contributed by atoms with Gasteiger partial charge in [0.05, 0.1) is 11.9 Å². The van der Waals surface area contributed by atoms with E-state index in [0.29, 0.717) is 0 Å². The van der Waals surface area contributed by atoms with Gasteiger partial charge in [-0.25, -0.2) is 0 Å². The fraction of sp³-hybridized carbons (Fsp3) is 0.167. The summed E-state index contributed by atoms with van der Waals surface area (Å²) in [5.74, 6) is 0. The lowest BCUT2D eigenvalue weighted by atomic mass is 10.1. The molecule has 4 rings (SSSR count). The standard InChI is InChI=1S/C24H24N4/c1-3-7-20(8-4-1)13-16-28(18-21-11-14-25-15-12-21)19-23-17-26-27-24(23)22-9-5-2-6-10-22/h1-12,14-15,17H,13,16,18-19H2,(H,26,27). The summed E-state index contributed by atoms with van der Waals surface area (Å²) in [5.41, 5.74) is 6.11. The maximum atomic E-state index is 4.32. The minimum Gasteiger partial charge on any atom is -0.294 e. The molecule has 0 saturated carbocycles. The van der Waals surface area contributed by atoms with Crippen LogP contribution in [0.25, 0.3) is 11.3 Å². The van der Waals surface area contributed by atoms with Crippen LogP contribution in [0.1, 0.15) is 16.7 Å². The molecule has 2 aromatic heterocycles. The molecule has 0 radical (unpaired) electrons. The van der Waals surface area contributed by atoms with Crippen molar-refractivity contribution in [2.24, 2.45) is 0 Å². The van der Waals surface area contributed by atoms with Gasteiger partial charge in [-0.05, 0) is 35.2 Å². The van der Waals surface area contributed by atoms with E-state index < -0.39 is 0 Å². The predicted octanol–water partition coefficient (Wildman–Crippen LogP) is 4.72. The normalized spacial score (nSPS) is 11.0. The first kappa shape index (κ1) is 18.1. The number of hydrogen-bond acceptors (Lipinski definition) is 3. The zero-order valence-corrected chi connectivity index (χ0v) is 15.8. The summed E-state index contributed by atoms with van der Waals surface area (Å²) in [7, 11) is 0. The second-order valence-electron chi connectivity index (χ2n) is 6.94. The van der Waals surface area contributed by atoms with Crippen LogP contribution in [0, 0.1) is 0 Å². The van der Waals surface area contributed by atoms with E-state index in [1.54, 1.807) is 0 Å². The molecular formula is C24H24N4. The molecular weight excluding hydrogens is 344 g/mol. The maximum absolute atomic E-state index is 4.32. The van der Waals surface area contributed by atoms with Crippen LogP contribution in [0.15, 0.2) is 91.4 Å². The van der Waals surface area contributed by atoms with Crippen LogP contribution in [-0.2, 0) is 19.5 Å². The van der Waals surface area contributed by atoms with E-state index in [1.807, 2.05) is 24.7 Å². The molecule has 0 unspecified atom stereocenters. The Morgan fingerprint density at radius 2 is 1.46 bits per heavy atom. The van der Waals surface area contributed by atoms with E-state index in [9.17, 15) is 0 Å². The Morgan fingerprint density at radius 1 is 0.750 bits per heavy atom. The number of benzene rings is 2. The van der Waals surface area contributed by atoms with Crippen LogP contribution >= 0.6 is 0 Å². The van der Waals surface area contributed by atoms with Gasteiger partial charge in [-0.2, -0.15) is 5.10 Å². The zero-order chi connectivity index (χ0) is 19.0. The Morgan fingerprint density at radius 3 is 2.21 bits per heavy atom. The van der Waals surface area contributed by atoms with Crippen LogP contribution in [0.2, 0.25) is 0 Å². The minimum atomic E-state index is 0.843. The van der Waals surface area contributed by atoms with Crippen LogP contribution in [0.4, 0.5) is 0 Å². The van der Waals surface area contributed by atoms with Crippen LogP contribution in [0.5, 0.6) is 0 Å². The van der Waals surface area contributed by atoms with Crippen molar-refractivity contribution >= 4 is 0 Å². The topological polar surface area (TPSA) is 44.8 Å². The van der Waals surface area contributed by atoms with Gasteiger partial charge < -0.3 is 0 Å². The monoisotopic (exact) mass is 368 g/mol. The molecule has 4 aromatic rings. The average Bonchev–Trinajstić information content (AvgIpc) is 3.22. The van der Waals surface area contributed by atoms with Crippen molar-refractivity contribution in [3.63, 3.8) is 0 Å². The van der Waals surface area contributed by atoms with E-state index in [4.69, 9.17) is 0 Å². The zero-order valence-electron chi connectivity index (χ0n) is 15.8. The molecule has 0 atom stereocenters. The summed E-state index contributed by atoms with van der Waals surface area (Å²) >= 11 is 0. The Balaban J connectivity index is 1.53. The molecule has 140 valence electrons. The highest BCUT2D eigenvalue weighted by atomic mass is 15.1. The minimum absolute atomic E-state index is 0.843. The molecule has 4 nitrogen and oxygen atoms in total. The first-order valence-electron chi connectivity index (χ1n) is 9.61. The number of nitrogens with one attached hydrogen (secondary N) is 1. The van der Waals surface area contributed by atoms with Crippen molar-refractivity contribution in [2.75, 3.05) is 6.54 Å². The molecule has 0 aliphatic heterocycles. The van der Waals surface area contributed by atoms with Gasteiger partial charge in [0, 0.05) is 37.6 Å². The lowest BCUT2D eigenvalue weighted by molar-refractivity contribution is 0.260. The number of nitrogens with zero attached hydrogens (tertiary/aromatic N) is 3. The molecule has 0 aliphatic carbocycles. The number of aromatic amines is 1. The van der Waals surface area contributed by atoms with Crippen molar-refractivity contribution in [2.45, 2.75) is 19.5 Å². The van der Waals surface area contributed by atoms with E-state index in [2.05, 4.69) is 86.8 Å². The van der Waals surface area contributed by atoms with Crippen LogP contribution < -0.4 is 0 Å². The third-order valence-corrected chi connectivity index (χ3v) is 4.89. The van der Waals surface area contributed by atoms with E-state index in [-0.39, 0.29) is 0 Å². The average molecular weight is 368 g/mol. The van der Waals surface area contributed by atoms with E-state index in [0.717, 1.165) is 31.7 Å². The maximum Gasteiger partial charge on any atom is 0.0695 e. The second-order valence-corrected chi connectivity index (χ2v) is 6.94. The lowest BCUT2D eigenvalue weighted by Gasteiger charge is -2.22. The lowest BCUT2D eigenvalue weighted by Crippen LogP contribution is -2.25. The second kappa shape index (κ2) is 9.11. The summed E-state index contributed by atoms with van der Waals surface area (Å²) in [6.07, 6.45) is 6.69. The van der Waals surface area contributed by atoms with Crippen molar-refractivity contribution in [1.29, 1.82) is 0 Å². The number of pyridine rings is 1. The Kier molecular flexibility index (Phi) is 5.90. The van der Waals surface area contributed by atoms with Gasteiger partial charge in [-0.15, -0.1) is 0 Å². The SMILES string of the molecule is c1ccc(CCN(Cc2ccncc2)Cc2cn[nH]c2-c2ccccc2)cc1. The van der Waals surface area contributed by atoms with Crippen molar-refractivity contribution < 1.29 is 0 Å². The Bertz CT molecular complexity index is 965. The fourth-order valence-corrected chi connectivity index (χ4v) is 3.42. The summed E-state index contributed by atoms with van der Waals surface area (Å²) in [6.45, 7) is 2.70. The highest BCUT2D eigenvalue weighted by Gasteiger charge is 2.13. The van der Waals surface area contributed by atoms with Crippen molar-refractivity contribution in [1.82, 2.24) is 20.1 Å². The molecule has 1 N–H and O–H groups in total. The fourth-order valence-electron chi connectivity index (χ4n) is 3.42. The van der Waals surface area contributed by atoms with Gasteiger partial charge in [0.2, 0.25) is 0 Å². The van der Waals surface area contributed by atoms with Gasteiger partial charge in [0.1, 0.15) is 0 Å². The summed E-state index contributed by atoms with van der Waals surface area (Å²) in [6, 6.07) is 25.2. The molecule has 28 heavy (non-hydrogen) atoms. The van der Waals surface area contributed by atoms with Gasteiger partial charge >= 0.3 is 0 Å². The van der Waals surface area contributed by atoms with Crippen LogP contribution in [-0.4, -0.2) is 26.6 Å². The number of rotatable bonds is 8. The van der Waals surface area contributed by atoms with Crippen molar-refractivity contribution in [3.8, 4) is 11.3 Å². The molecule has 0 spiro atoms. The van der Waals surface area contributed by atoms with Gasteiger partial charge in [-0.1, -0.05) is 60.7 Å². The highest BCUT2D eigenvalue weighted by molar-refractivity contribution is 5.62. The predicted molar refractivity (Wildman–Crippen MR) is 113 cm³/mol. The first-order chi connectivity index (χ1) is 13.9. The van der Waals surface area contributed by atoms with Gasteiger partial charge in [0.15, 0.2) is 0 Å². The molecule has 0 saturated heterocycles. The molecule has 4 heteroatoms. The quantitative estimate of drug-likeness (QED) is 0.490.